The summed E-state index contributed by atoms with van der Waals surface area (Å²) in [5.41, 5.74) is 4.81. The standard InChI is InChI=1S/C27H33N3O6/c1-5-34-24-15-23(30-9-11-33-12-10-30)25(35-6-2)14-22(24)29-26(31)16-36-27(32)19-7-8-21-20(13-19)17(3)18(4)28-21/h7-8,13-15,28H,5-6,9-12,16H2,1-4H3,(H,29,31). The molecule has 0 bridgehead atoms. The number of benzene rings is 2. The summed E-state index contributed by atoms with van der Waals surface area (Å²) in [6, 6.07) is 8.93. The molecule has 1 aromatic heterocycles. The normalized spacial score (nSPS) is 13.5. The van der Waals surface area contributed by atoms with Crippen LogP contribution in [0.25, 0.3) is 10.9 Å². The molecule has 36 heavy (non-hydrogen) atoms. The topological polar surface area (TPSA) is 102 Å². The predicted molar refractivity (Wildman–Crippen MR) is 138 cm³/mol. The van der Waals surface area contributed by atoms with Crippen LogP contribution in [-0.4, -0.2) is 63.0 Å². The van der Waals surface area contributed by atoms with Gasteiger partial charge in [0.05, 0.1) is 43.4 Å². The Labute approximate surface area is 210 Å². The van der Waals surface area contributed by atoms with Crippen LogP contribution in [0.15, 0.2) is 30.3 Å². The number of H-pyrrole nitrogens is 1. The predicted octanol–water partition coefficient (Wildman–Crippen LogP) is 4.21. The summed E-state index contributed by atoms with van der Waals surface area (Å²) >= 11 is 0. The summed E-state index contributed by atoms with van der Waals surface area (Å²) in [5, 5.41) is 3.76. The van der Waals surface area contributed by atoms with Gasteiger partial charge >= 0.3 is 5.97 Å². The van der Waals surface area contributed by atoms with Crippen LogP contribution in [0.5, 0.6) is 11.5 Å². The first-order chi connectivity index (χ1) is 17.4. The summed E-state index contributed by atoms with van der Waals surface area (Å²) in [5.74, 6) is 0.125. The molecule has 0 spiro atoms. The third kappa shape index (κ3) is 5.57. The van der Waals surface area contributed by atoms with Gasteiger partial charge in [0, 0.05) is 41.8 Å². The number of nitrogens with one attached hydrogen (secondary N) is 2. The SMILES string of the molecule is CCOc1cc(N2CCOCC2)c(OCC)cc1NC(=O)COC(=O)c1ccc2[nH]c(C)c(C)c2c1. The number of aryl methyl sites for hydroxylation is 2. The van der Waals surface area contributed by atoms with Gasteiger partial charge in [-0.25, -0.2) is 4.79 Å². The molecule has 2 heterocycles. The number of amides is 1. The van der Waals surface area contributed by atoms with Crippen LogP contribution in [0.4, 0.5) is 11.4 Å². The van der Waals surface area contributed by atoms with Crippen molar-refractivity contribution in [3.8, 4) is 11.5 Å². The first kappa shape index (κ1) is 25.4. The average Bonchev–Trinajstić information content (AvgIpc) is 3.17. The molecule has 192 valence electrons. The fourth-order valence-electron chi connectivity index (χ4n) is 4.23. The molecule has 0 radical (unpaired) electrons. The van der Waals surface area contributed by atoms with Crippen LogP contribution in [-0.2, 0) is 14.3 Å². The van der Waals surface area contributed by atoms with E-state index in [9.17, 15) is 9.59 Å². The molecule has 1 saturated heterocycles. The Kier molecular flexibility index (Phi) is 8.00. The smallest absolute Gasteiger partial charge is 0.338 e. The largest absolute Gasteiger partial charge is 0.492 e. The number of ether oxygens (including phenoxy) is 4. The number of carbonyl (C=O) groups is 2. The lowest BCUT2D eigenvalue weighted by Crippen LogP contribution is -2.36. The maximum Gasteiger partial charge on any atom is 0.338 e. The Hall–Kier alpha value is -3.72. The van der Waals surface area contributed by atoms with Crippen molar-refractivity contribution in [1.82, 2.24) is 4.98 Å². The lowest BCUT2D eigenvalue weighted by molar-refractivity contribution is -0.119. The zero-order valence-electron chi connectivity index (χ0n) is 21.2. The number of nitrogens with zero attached hydrogens (tertiary/aromatic N) is 1. The molecular weight excluding hydrogens is 462 g/mol. The van der Waals surface area contributed by atoms with Crippen molar-refractivity contribution in [1.29, 1.82) is 0 Å². The Morgan fingerprint density at radius 3 is 2.47 bits per heavy atom. The van der Waals surface area contributed by atoms with Crippen LogP contribution in [0, 0.1) is 13.8 Å². The number of carbonyl (C=O) groups excluding carboxylic acids is 2. The van der Waals surface area contributed by atoms with Crippen LogP contribution in [0.2, 0.25) is 0 Å². The van der Waals surface area contributed by atoms with Gasteiger partial charge in [-0.15, -0.1) is 0 Å². The van der Waals surface area contributed by atoms with E-state index in [0.29, 0.717) is 49.2 Å². The van der Waals surface area contributed by atoms with Gasteiger partial charge in [-0.3, -0.25) is 4.79 Å². The molecule has 2 aromatic carbocycles. The van der Waals surface area contributed by atoms with E-state index < -0.39 is 18.5 Å². The molecule has 3 aromatic rings. The quantitative estimate of drug-likeness (QED) is 0.429. The highest BCUT2D eigenvalue weighted by Crippen LogP contribution is 2.39. The number of rotatable bonds is 9. The van der Waals surface area contributed by atoms with Crippen molar-refractivity contribution in [3.63, 3.8) is 0 Å². The number of hydrogen-bond donors (Lipinski definition) is 2. The second-order valence-electron chi connectivity index (χ2n) is 8.54. The van der Waals surface area contributed by atoms with Gasteiger partial charge in [-0.05, 0) is 51.5 Å². The van der Waals surface area contributed by atoms with Gasteiger partial charge in [0.1, 0.15) is 11.5 Å². The Morgan fingerprint density at radius 2 is 1.75 bits per heavy atom. The van der Waals surface area contributed by atoms with E-state index in [1.807, 2.05) is 39.8 Å². The maximum atomic E-state index is 12.7. The van der Waals surface area contributed by atoms with E-state index in [2.05, 4.69) is 15.2 Å². The molecule has 1 amide bonds. The number of esters is 1. The maximum absolute atomic E-state index is 12.7. The minimum absolute atomic E-state index is 0.390. The lowest BCUT2D eigenvalue weighted by Gasteiger charge is -2.31. The summed E-state index contributed by atoms with van der Waals surface area (Å²) in [7, 11) is 0. The third-order valence-electron chi connectivity index (χ3n) is 6.16. The number of anilines is 2. The molecule has 1 aliphatic rings. The number of fused-ring (bicyclic) bond motifs is 1. The van der Waals surface area contributed by atoms with E-state index >= 15 is 0 Å². The molecule has 1 aliphatic heterocycles. The minimum atomic E-state index is -0.562. The Bertz CT molecular complexity index is 1250. The van der Waals surface area contributed by atoms with Crippen LogP contribution in [0.1, 0.15) is 35.5 Å². The molecule has 4 rings (SSSR count). The van der Waals surface area contributed by atoms with Gasteiger partial charge in [0.2, 0.25) is 0 Å². The van der Waals surface area contributed by atoms with E-state index in [4.69, 9.17) is 18.9 Å². The highest BCUT2D eigenvalue weighted by Gasteiger charge is 2.21. The van der Waals surface area contributed by atoms with Crippen LogP contribution in [0.3, 0.4) is 0 Å². The molecule has 0 unspecified atom stereocenters. The van der Waals surface area contributed by atoms with Crippen molar-refractivity contribution >= 4 is 34.2 Å². The van der Waals surface area contributed by atoms with Crippen LogP contribution >= 0.6 is 0 Å². The lowest BCUT2D eigenvalue weighted by atomic mass is 10.1. The Morgan fingerprint density at radius 1 is 1.03 bits per heavy atom. The second kappa shape index (κ2) is 11.3. The molecule has 1 fully saturated rings. The number of morpholine rings is 1. The van der Waals surface area contributed by atoms with E-state index in [-0.39, 0.29) is 0 Å². The highest BCUT2D eigenvalue weighted by atomic mass is 16.5. The number of hydrogen-bond acceptors (Lipinski definition) is 7. The van der Waals surface area contributed by atoms with Gasteiger partial charge < -0.3 is 34.1 Å². The second-order valence-corrected chi connectivity index (χ2v) is 8.54. The van der Waals surface area contributed by atoms with Crippen molar-refractivity contribution in [2.75, 3.05) is 56.3 Å². The van der Waals surface area contributed by atoms with Gasteiger partial charge in [-0.2, -0.15) is 0 Å². The first-order valence-corrected chi connectivity index (χ1v) is 12.2. The van der Waals surface area contributed by atoms with Crippen molar-refractivity contribution in [2.45, 2.75) is 27.7 Å². The van der Waals surface area contributed by atoms with Crippen molar-refractivity contribution < 1.29 is 28.5 Å². The highest BCUT2D eigenvalue weighted by molar-refractivity contribution is 5.99. The summed E-state index contributed by atoms with van der Waals surface area (Å²) in [6.45, 7) is 11.0. The van der Waals surface area contributed by atoms with E-state index in [1.54, 1.807) is 18.2 Å². The van der Waals surface area contributed by atoms with Crippen molar-refractivity contribution in [2.24, 2.45) is 0 Å². The van der Waals surface area contributed by atoms with Gasteiger partial charge in [0.25, 0.3) is 5.91 Å². The number of aromatic amines is 1. The van der Waals surface area contributed by atoms with Crippen LogP contribution < -0.4 is 19.7 Å². The summed E-state index contributed by atoms with van der Waals surface area (Å²) < 4.78 is 22.4. The summed E-state index contributed by atoms with van der Waals surface area (Å²) in [6.07, 6.45) is 0. The fraction of sp³-hybridized carbons (Fsp3) is 0.407. The molecule has 0 saturated carbocycles. The monoisotopic (exact) mass is 495 g/mol. The van der Waals surface area contributed by atoms with Crippen molar-refractivity contribution in [3.05, 3.63) is 47.2 Å². The summed E-state index contributed by atoms with van der Waals surface area (Å²) in [4.78, 5) is 30.8. The molecule has 0 aliphatic carbocycles. The zero-order chi connectivity index (χ0) is 25.7. The Balaban J connectivity index is 1.47. The molecule has 9 nitrogen and oxygen atoms in total. The molecular formula is C27H33N3O6. The minimum Gasteiger partial charge on any atom is -0.492 e. The third-order valence-corrected chi connectivity index (χ3v) is 6.16. The zero-order valence-corrected chi connectivity index (χ0v) is 21.2. The molecule has 2 N–H and O–H groups in total. The van der Waals surface area contributed by atoms with E-state index in [0.717, 1.165) is 40.9 Å². The van der Waals surface area contributed by atoms with Gasteiger partial charge in [-0.1, -0.05) is 0 Å². The van der Waals surface area contributed by atoms with Gasteiger partial charge in [0.15, 0.2) is 6.61 Å². The van der Waals surface area contributed by atoms with E-state index in [1.165, 1.54) is 0 Å². The molecule has 9 heteroatoms. The first-order valence-electron chi connectivity index (χ1n) is 12.2. The molecule has 0 atom stereocenters. The average molecular weight is 496 g/mol. The number of aromatic nitrogens is 1. The fourth-order valence-corrected chi connectivity index (χ4v) is 4.23.